The number of benzene rings is 2. The lowest BCUT2D eigenvalue weighted by molar-refractivity contribution is -0.132. The fourth-order valence-corrected chi connectivity index (χ4v) is 4.37. The molecule has 0 saturated carbocycles. The van der Waals surface area contributed by atoms with Gasteiger partial charge in [0.15, 0.2) is 0 Å². The molecule has 2 heterocycles. The molecule has 5 heteroatoms. The van der Waals surface area contributed by atoms with Gasteiger partial charge in [-0.1, -0.05) is 60.7 Å². The molecular weight excluding hydrogens is 350 g/mol. The largest absolute Gasteiger partial charge is 0.354 e. The molecule has 2 aromatic carbocycles. The third kappa shape index (κ3) is 3.80. The molecule has 2 saturated heterocycles. The first-order chi connectivity index (χ1) is 13.7. The molecule has 0 radical (unpaired) electrons. The van der Waals surface area contributed by atoms with Gasteiger partial charge in [-0.25, -0.2) is 0 Å². The van der Waals surface area contributed by atoms with Gasteiger partial charge in [-0.3, -0.25) is 14.5 Å². The lowest BCUT2D eigenvalue weighted by Crippen LogP contribution is -2.54. The van der Waals surface area contributed by atoms with E-state index in [2.05, 4.69) is 39.8 Å². The SMILES string of the molecule is O=C1NCCC1NC(=O)C1(c2ccccc2)CCN(Cc2ccccc2)CC1. The number of hydrogen-bond acceptors (Lipinski definition) is 3. The maximum atomic E-state index is 13.4. The van der Waals surface area contributed by atoms with Gasteiger partial charge < -0.3 is 10.6 Å². The van der Waals surface area contributed by atoms with E-state index >= 15 is 0 Å². The van der Waals surface area contributed by atoms with Gasteiger partial charge in [-0.2, -0.15) is 0 Å². The molecule has 0 aromatic heterocycles. The molecule has 2 N–H and O–H groups in total. The van der Waals surface area contributed by atoms with Crippen LogP contribution in [0.3, 0.4) is 0 Å². The molecule has 1 atom stereocenters. The smallest absolute Gasteiger partial charge is 0.242 e. The van der Waals surface area contributed by atoms with Crippen LogP contribution in [0, 0.1) is 0 Å². The highest BCUT2D eigenvalue weighted by molar-refractivity contribution is 5.94. The van der Waals surface area contributed by atoms with Crippen molar-refractivity contribution in [2.75, 3.05) is 19.6 Å². The minimum atomic E-state index is -0.572. The number of nitrogens with zero attached hydrogens (tertiary/aromatic N) is 1. The van der Waals surface area contributed by atoms with Crippen LogP contribution in [-0.2, 0) is 21.5 Å². The lowest BCUT2D eigenvalue weighted by Gasteiger charge is -2.41. The van der Waals surface area contributed by atoms with Gasteiger partial charge >= 0.3 is 0 Å². The van der Waals surface area contributed by atoms with Gasteiger partial charge in [0.1, 0.15) is 6.04 Å². The summed E-state index contributed by atoms with van der Waals surface area (Å²) in [6.07, 6.45) is 2.17. The van der Waals surface area contributed by atoms with Gasteiger partial charge in [-0.05, 0) is 43.5 Å². The Morgan fingerprint density at radius 3 is 2.29 bits per heavy atom. The van der Waals surface area contributed by atoms with E-state index in [1.165, 1.54) is 5.56 Å². The molecule has 0 bridgehead atoms. The molecule has 2 amide bonds. The van der Waals surface area contributed by atoms with Crippen molar-refractivity contribution >= 4 is 11.8 Å². The average Bonchev–Trinajstić information content (AvgIpc) is 3.14. The van der Waals surface area contributed by atoms with Gasteiger partial charge in [-0.15, -0.1) is 0 Å². The van der Waals surface area contributed by atoms with Crippen LogP contribution in [0.25, 0.3) is 0 Å². The Kier molecular flexibility index (Phi) is 5.44. The standard InChI is InChI=1S/C23H27N3O2/c27-21-20(11-14-24-21)25-22(28)23(19-9-5-2-6-10-19)12-15-26(16-13-23)17-18-7-3-1-4-8-18/h1-10,20H,11-17H2,(H,24,27)(H,25,28). The molecule has 2 fully saturated rings. The quantitative estimate of drug-likeness (QED) is 0.840. The number of rotatable bonds is 5. The zero-order valence-electron chi connectivity index (χ0n) is 16.1. The number of amides is 2. The second-order valence-corrected chi connectivity index (χ2v) is 7.82. The van der Waals surface area contributed by atoms with Crippen molar-refractivity contribution in [2.24, 2.45) is 0 Å². The van der Waals surface area contributed by atoms with Crippen molar-refractivity contribution in [1.82, 2.24) is 15.5 Å². The maximum absolute atomic E-state index is 13.4. The summed E-state index contributed by atoms with van der Waals surface area (Å²) in [5, 5.41) is 5.84. The highest BCUT2D eigenvalue weighted by atomic mass is 16.2. The zero-order chi connectivity index (χ0) is 19.4. The summed E-state index contributed by atoms with van der Waals surface area (Å²) >= 11 is 0. The highest BCUT2D eigenvalue weighted by Gasteiger charge is 2.44. The van der Waals surface area contributed by atoms with Gasteiger partial charge in [0.2, 0.25) is 11.8 Å². The van der Waals surface area contributed by atoms with E-state index < -0.39 is 11.5 Å². The number of carbonyl (C=O) groups is 2. The Bertz CT molecular complexity index is 814. The molecular formula is C23H27N3O2. The molecule has 2 aromatic rings. The average molecular weight is 377 g/mol. The van der Waals surface area contributed by atoms with Crippen LogP contribution in [0.4, 0.5) is 0 Å². The Morgan fingerprint density at radius 2 is 1.68 bits per heavy atom. The first kappa shape index (κ1) is 18.7. The zero-order valence-corrected chi connectivity index (χ0v) is 16.1. The topological polar surface area (TPSA) is 61.4 Å². The predicted octanol–water partition coefficient (Wildman–Crippen LogP) is 2.23. The van der Waals surface area contributed by atoms with Gasteiger partial charge in [0.05, 0.1) is 5.41 Å². The summed E-state index contributed by atoms with van der Waals surface area (Å²) in [6.45, 7) is 3.24. The number of hydrogen-bond donors (Lipinski definition) is 2. The molecule has 5 nitrogen and oxygen atoms in total. The number of nitrogens with one attached hydrogen (secondary N) is 2. The molecule has 0 aliphatic carbocycles. The van der Waals surface area contributed by atoms with Crippen molar-refractivity contribution in [1.29, 1.82) is 0 Å². The van der Waals surface area contributed by atoms with Crippen LogP contribution in [0.1, 0.15) is 30.4 Å². The normalized spacial score (nSPS) is 21.9. The Hall–Kier alpha value is -2.66. The molecule has 2 aliphatic rings. The summed E-state index contributed by atoms with van der Waals surface area (Å²) in [6, 6.07) is 20.1. The first-order valence-corrected chi connectivity index (χ1v) is 10.1. The Balaban J connectivity index is 1.51. The molecule has 4 rings (SSSR count). The van der Waals surface area contributed by atoms with Crippen molar-refractivity contribution < 1.29 is 9.59 Å². The van der Waals surface area contributed by atoms with Crippen LogP contribution >= 0.6 is 0 Å². The van der Waals surface area contributed by atoms with Crippen LogP contribution < -0.4 is 10.6 Å². The van der Waals surface area contributed by atoms with Crippen LogP contribution in [0.2, 0.25) is 0 Å². The van der Waals surface area contributed by atoms with Crippen LogP contribution in [-0.4, -0.2) is 42.4 Å². The fraction of sp³-hybridized carbons (Fsp3) is 0.391. The lowest BCUT2D eigenvalue weighted by atomic mass is 9.71. The monoisotopic (exact) mass is 377 g/mol. The maximum Gasteiger partial charge on any atom is 0.242 e. The molecule has 28 heavy (non-hydrogen) atoms. The van der Waals surface area contributed by atoms with Crippen molar-refractivity contribution in [2.45, 2.75) is 37.3 Å². The summed E-state index contributed by atoms with van der Waals surface area (Å²) in [5.41, 5.74) is 1.77. The van der Waals surface area contributed by atoms with Crippen LogP contribution in [0.15, 0.2) is 60.7 Å². The summed E-state index contributed by atoms with van der Waals surface area (Å²) < 4.78 is 0. The summed E-state index contributed by atoms with van der Waals surface area (Å²) in [4.78, 5) is 27.7. The van der Waals surface area contributed by atoms with E-state index in [1.54, 1.807) is 0 Å². The Labute approximate surface area is 166 Å². The molecule has 2 aliphatic heterocycles. The molecule has 0 spiro atoms. The highest BCUT2D eigenvalue weighted by Crippen LogP contribution is 2.36. The fourth-order valence-electron chi connectivity index (χ4n) is 4.37. The molecule has 1 unspecified atom stereocenters. The van der Waals surface area contributed by atoms with E-state index in [4.69, 9.17) is 0 Å². The second kappa shape index (κ2) is 8.15. The minimum absolute atomic E-state index is 0.0138. The van der Waals surface area contributed by atoms with Gasteiger partial charge in [0, 0.05) is 13.1 Å². The van der Waals surface area contributed by atoms with E-state index in [0.29, 0.717) is 13.0 Å². The Morgan fingerprint density at radius 1 is 1.04 bits per heavy atom. The summed E-state index contributed by atoms with van der Waals surface area (Å²) in [7, 11) is 0. The third-order valence-corrected chi connectivity index (χ3v) is 6.07. The van der Waals surface area contributed by atoms with E-state index in [1.807, 2.05) is 36.4 Å². The molecule has 146 valence electrons. The summed E-state index contributed by atoms with van der Waals surface area (Å²) in [5.74, 6) is -0.0850. The number of likely N-dealkylation sites (tertiary alicyclic amines) is 1. The van der Waals surface area contributed by atoms with Crippen molar-refractivity contribution in [3.05, 3.63) is 71.8 Å². The van der Waals surface area contributed by atoms with Gasteiger partial charge in [0.25, 0.3) is 0 Å². The first-order valence-electron chi connectivity index (χ1n) is 10.1. The second-order valence-electron chi connectivity index (χ2n) is 7.82. The predicted molar refractivity (Wildman–Crippen MR) is 109 cm³/mol. The van der Waals surface area contributed by atoms with E-state index in [-0.39, 0.29) is 11.8 Å². The van der Waals surface area contributed by atoms with Crippen molar-refractivity contribution in [3.8, 4) is 0 Å². The van der Waals surface area contributed by atoms with Crippen molar-refractivity contribution in [3.63, 3.8) is 0 Å². The number of carbonyl (C=O) groups excluding carboxylic acids is 2. The van der Waals surface area contributed by atoms with Crippen LogP contribution in [0.5, 0.6) is 0 Å². The number of piperidine rings is 1. The van der Waals surface area contributed by atoms with E-state index in [0.717, 1.165) is 38.0 Å². The minimum Gasteiger partial charge on any atom is -0.354 e. The third-order valence-electron chi connectivity index (χ3n) is 6.07. The van der Waals surface area contributed by atoms with E-state index in [9.17, 15) is 9.59 Å².